The number of piperidine rings is 1. The lowest BCUT2D eigenvalue weighted by Gasteiger charge is -2.39. The molecule has 1 saturated heterocycles. The summed E-state index contributed by atoms with van der Waals surface area (Å²) in [4.78, 5) is 1.82. The number of hydrogen-bond donors (Lipinski definition) is 2. The predicted molar refractivity (Wildman–Crippen MR) is 73.1 cm³/mol. The van der Waals surface area contributed by atoms with Crippen molar-refractivity contribution in [2.24, 2.45) is 0 Å². The average Bonchev–Trinajstić information content (AvgIpc) is 2.37. The van der Waals surface area contributed by atoms with Crippen LogP contribution in [0.25, 0.3) is 0 Å². The Morgan fingerprint density at radius 1 is 1.14 bits per heavy atom. The molecule has 1 heterocycles. The van der Waals surface area contributed by atoms with Crippen LogP contribution in [0.4, 0.5) is 13.2 Å². The van der Waals surface area contributed by atoms with E-state index in [2.05, 4.69) is 0 Å². The summed E-state index contributed by atoms with van der Waals surface area (Å²) in [7, 11) is 0. The molecule has 3 nitrogen and oxygen atoms in total. The van der Waals surface area contributed by atoms with Crippen LogP contribution in [0.3, 0.4) is 0 Å². The van der Waals surface area contributed by atoms with Crippen LogP contribution in [0.5, 0.6) is 5.75 Å². The van der Waals surface area contributed by atoms with Crippen molar-refractivity contribution in [3.05, 3.63) is 28.8 Å². The number of phenolic OH excluding ortho intramolecular Hbond substituents is 1. The molecule has 0 bridgehead atoms. The lowest BCUT2D eigenvalue weighted by atomic mass is 9.90. The van der Waals surface area contributed by atoms with Crippen molar-refractivity contribution in [1.29, 1.82) is 0 Å². The van der Waals surface area contributed by atoms with Crippen molar-refractivity contribution < 1.29 is 23.4 Å². The van der Waals surface area contributed by atoms with Gasteiger partial charge in [0.25, 0.3) is 0 Å². The fourth-order valence-electron chi connectivity index (χ4n) is 2.59. The zero-order valence-corrected chi connectivity index (χ0v) is 12.2. The fraction of sp³-hybridized carbons (Fsp3) is 0.600. The van der Waals surface area contributed by atoms with Crippen LogP contribution in [0.2, 0.25) is 0 Å². The van der Waals surface area contributed by atoms with E-state index in [1.54, 1.807) is 6.07 Å². The number of aromatic hydroxyl groups is 1. The second-order valence-electron chi connectivity index (χ2n) is 5.87. The van der Waals surface area contributed by atoms with Crippen molar-refractivity contribution in [2.45, 2.75) is 45.0 Å². The van der Waals surface area contributed by atoms with Crippen LogP contribution in [0, 0.1) is 13.8 Å². The lowest BCUT2D eigenvalue weighted by Crippen LogP contribution is -2.53. The van der Waals surface area contributed by atoms with Gasteiger partial charge in [-0.15, -0.1) is 0 Å². The first-order valence-corrected chi connectivity index (χ1v) is 6.93. The van der Waals surface area contributed by atoms with Crippen LogP contribution in [0.1, 0.15) is 29.5 Å². The van der Waals surface area contributed by atoms with E-state index in [0.29, 0.717) is 12.1 Å². The minimum atomic E-state index is -4.58. The molecule has 1 fully saturated rings. The van der Waals surface area contributed by atoms with Crippen LogP contribution >= 0.6 is 0 Å². The molecule has 2 rings (SSSR count). The smallest absolute Gasteiger partial charge is 0.417 e. The van der Waals surface area contributed by atoms with Crippen LogP contribution in [0.15, 0.2) is 12.1 Å². The summed E-state index contributed by atoms with van der Waals surface area (Å²) in [6.45, 7) is 4.52. The van der Waals surface area contributed by atoms with Crippen molar-refractivity contribution in [1.82, 2.24) is 4.90 Å². The molecular formula is C15H20F3NO2. The number of hydrogen-bond acceptors (Lipinski definition) is 3. The molecule has 0 radical (unpaired) electrons. The first-order chi connectivity index (χ1) is 9.62. The number of nitrogens with zero attached hydrogens (tertiary/aromatic N) is 1. The van der Waals surface area contributed by atoms with Crippen LogP contribution < -0.4 is 0 Å². The molecule has 6 heteroatoms. The van der Waals surface area contributed by atoms with E-state index in [0.717, 1.165) is 11.1 Å². The number of aliphatic hydroxyl groups is 1. The molecule has 0 aliphatic carbocycles. The molecule has 21 heavy (non-hydrogen) atoms. The molecule has 0 saturated carbocycles. The number of benzene rings is 1. The summed E-state index contributed by atoms with van der Waals surface area (Å²) < 4.78 is 38.2. The number of alkyl halides is 3. The Hall–Kier alpha value is -1.27. The largest absolute Gasteiger partial charge is 0.508 e. The van der Waals surface area contributed by atoms with Crippen LogP contribution in [-0.4, -0.2) is 40.0 Å². The van der Waals surface area contributed by atoms with E-state index in [1.807, 2.05) is 24.8 Å². The molecule has 2 N–H and O–H groups in total. The van der Waals surface area contributed by atoms with Gasteiger partial charge in [-0.25, -0.2) is 0 Å². The Kier molecular flexibility index (Phi) is 4.22. The summed E-state index contributed by atoms with van der Waals surface area (Å²) in [6.07, 6.45) is -5.24. The Morgan fingerprint density at radius 3 is 2.19 bits per heavy atom. The minimum absolute atomic E-state index is 0.155. The maximum absolute atomic E-state index is 12.7. The summed E-state index contributed by atoms with van der Waals surface area (Å²) in [5.74, 6) is 0.162. The first kappa shape index (κ1) is 16.1. The zero-order chi connectivity index (χ0) is 15.8. The number of phenols is 1. The Morgan fingerprint density at radius 2 is 1.67 bits per heavy atom. The molecule has 0 aromatic heterocycles. The number of likely N-dealkylation sites (tertiary alicyclic amines) is 1. The van der Waals surface area contributed by atoms with E-state index in [4.69, 9.17) is 0 Å². The molecular weight excluding hydrogens is 283 g/mol. The number of halogens is 3. The fourth-order valence-corrected chi connectivity index (χ4v) is 2.59. The predicted octanol–water partition coefficient (Wildman–Crippen LogP) is 2.90. The van der Waals surface area contributed by atoms with E-state index in [9.17, 15) is 23.4 Å². The van der Waals surface area contributed by atoms with Gasteiger partial charge in [0.1, 0.15) is 5.75 Å². The van der Waals surface area contributed by atoms with Gasteiger partial charge in [0.2, 0.25) is 0 Å². The SMILES string of the molecule is Cc1cc(O)c(CN2CCC(O)(C(F)(F)F)CC2)cc1C. The first-order valence-electron chi connectivity index (χ1n) is 6.93. The second kappa shape index (κ2) is 5.50. The average molecular weight is 303 g/mol. The van der Waals surface area contributed by atoms with E-state index in [-0.39, 0.29) is 31.7 Å². The van der Waals surface area contributed by atoms with Gasteiger partial charge in [0, 0.05) is 25.2 Å². The van der Waals surface area contributed by atoms with Crippen molar-refractivity contribution in [3.63, 3.8) is 0 Å². The standard InChI is InChI=1S/C15H20F3NO2/c1-10-7-12(13(20)8-11(10)2)9-19-5-3-14(21,4-6-19)15(16,17)18/h7-8,20-21H,3-6,9H2,1-2H3. The van der Waals surface area contributed by atoms with Gasteiger partial charge in [-0.2, -0.15) is 13.2 Å². The number of rotatable bonds is 2. The van der Waals surface area contributed by atoms with Crippen molar-refractivity contribution in [2.75, 3.05) is 13.1 Å². The maximum atomic E-state index is 12.7. The van der Waals surface area contributed by atoms with Gasteiger partial charge in [0.15, 0.2) is 5.60 Å². The Balaban J connectivity index is 2.03. The third kappa shape index (κ3) is 3.32. The summed E-state index contributed by atoms with van der Waals surface area (Å²) >= 11 is 0. The molecule has 0 amide bonds. The second-order valence-corrected chi connectivity index (χ2v) is 5.87. The maximum Gasteiger partial charge on any atom is 0.417 e. The highest BCUT2D eigenvalue weighted by molar-refractivity contribution is 5.40. The molecule has 0 unspecified atom stereocenters. The Labute approximate surface area is 122 Å². The number of aryl methyl sites for hydroxylation is 2. The quantitative estimate of drug-likeness (QED) is 0.883. The molecule has 1 aliphatic rings. The normalized spacial score (nSPS) is 19.7. The molecule has 0 atom stereocenters. The van der Waals surface area contributed by atoms with E-state index >= 15 is 0 Å². The van der Waals surface area contributed by atoms with E-state index < -0.39 is 11.8 Å². The van der Waals surface area contributed by atoms with Gasteiger partial charge in [-0.1, -0.05) is 6.07 Å². The van der Waals surface area contributed by atoms with Crippen molar-refractivity contribution in [3.8, 4) is 5.75 Å². The highest BCUT2D eigenvalue weighted by Crippen LogP contribution is 2.38. The molecule has 1 aliphatic heterocycles. The molecule has 118 valence electrons. The van der Waals surface area contributed by atoms with Crippen LogP contribution in [-0.2, 0) is 6.54 Å². The van der Waals surface area contributed by atoms with E-state index in [1.165, 1.54) is 0 Å². The molecule has 0 spiro atoms. The highest BCUT2D eigenvalue weighted by atomic mass is 19.4. The molecule has 1 aromatic carbocycles. The highest BCUT2D eigenvalue weighted by Gasteiger charge is 2.54. The summed E-state index contributed by atoms with van der Waals surface area (Å²) in [6, 6.07) is 3.52. The van der Waals surface area contributed by atoms with Gasteiger partial charge in [0.05, 0.1) is 0 Å². The minimum Gasteiger partial charge on any atom is -0.508 e. The van der Waals surface area contributed by atoms with Crippen molar-refractivity contribution >= 4 is 0 Å². The summed E-state index contributed by atoms with van der Waals surface area (Å²) in [5, 5.41) is 19.5. The van der Waals surface area contributed by atoms with Gasteiger partial charge < -0.3 is 10.2 Å². The molecule has 1 aromatic rings. The third-order valence-electron chi connectivity index (χ3n) is 4.30. The Bertz CT molecular complexity index is 520. The topological polar surface area (TPSA) is 43.7 Å². The third-order valence-corrected chi connectivity index (χ3v) is 4.30. The zero-order valence-electron chi connectivity index (χ0n) is 12.2. The van der Waals surface area contributed by atoms with Gasteiger partial charge in [-0.05, 0) is 43.9 Å². The van der Waals surface area contributed by atoms with Gasteiger partial charge >= 0.3 is 6.18 Å². The lowest BCUT2D eigenvalue weighted by molar-refractivity contribution is -0.272. The van der Waals surface area contributed by atoms with Gasteiger partial charge in [-0.3, -0.25) is 4.90 Å². The monoisotopic (exact) mass is 303 g/mol. The summed E-state index contributed by atoms with van der Waals surface area (Å²) in [5.41, 5.74) is 0.137.